The normalized spacial score (nSPS) is 11.0. The van der Waals surface area contributed by atoms with Crippen molar-refractivity contribution in [1.82, 2.24) is 14.5 Å². The molecule has 0 atom stereocenters. The number of nitrogen functional groups attached to an aromatic ring is 1. The standard InChI is InChI=1S/C14H18FN5/c1-19(9-13-18-5-6-20(13)2)8-11-4-3-10(14(16)17)7-12(11)15/h3-7H,8-9H2,1-2H3,(H3,16,17). The number of nitrogens with zero attached hydrogens (tertiary/aromatic N) is 3. The predicted molar refractivity (Wildman–Crippen MR) is 75.8 cm³/mol. The largest absolute Gasteiger partial charge is 0.384 e. The van der Waals surface area contributed by atoms with E-state index in [-0.39, 0.29) is 11.7 Å². The molecule has 0 saturated heterocycles. The van der Waals surface area contributed by atoms with E-state index in [1.165, 1.54) is 6.07 Å². The predicted octanol–water partition coefficient (Wildman–Crippen LogP) is 1.48. The maximum Gasteiger partial charge on any atom is 0.128 e. The molecule has 3 N–H and O–H groups in total. The van der Waals surface area contributed by atoms with Crippen molar-refractivity contribution in [3.63, 3.8) is 0 Å². The SMILES string of the molecule is CN(Cc1ccc(C(=N)N)cc1F)Cc1nccn1C. The highest BCUT2D eigenvalue weighted by Gasteiger charge is 2.10. The second-order valence-electron chi connectivity index (χ2n) is 4.85. The average molecular weight is 275 g/mol. The number of amidine groups is 1. The van der Waals surface area contributed by atoms with Crippen molar-refractivity contribution in [3.8, 4) is 0 Å². The lowest BCUT2D eigenvalue weighted by molar-refractivity contribution is 0.302. The van der Waals surface area contributed by atoms with E-state index in [0.29, 0.717) is 24.2 Å². The second kappa shape index (κ2) is 5.83. The summed E-state index contributed by atoms with van der Waals surface area (Å²) in [7, 11) is 3.84. The second-order valence-corrected chi connectivity index (χ2v) is 4.85. The monoisotopic (exact) mass is 275 g/mol. The third-order valence-electron chi connectivity index (χ3n) is 3.14. The van der Waals surface area contributed by atoms with E-state index in [0.717, 1.165) is 5.82 Å². The van der Waals surface area contributed by atoms with Gasteiger partial charge in [0.2, 0.25) is 0 Å². The molecule has 1 aromatic heterocycles. The number of hydrogen-bond acceptors (Lipinski definition) is 3. The van der Waals surface area contributed by atoms with Gasteiger partial charge in [-0.25, -0.2) is 9.37 Å². The first-order valence-electron chi connectivity index (χ1n) is 6.25. The van der Waals surface area contributed by atoms with Crippen LogP contribution in [0.25, 0.3) is 0 Å². The first-order chi connectivity index (χ1) is 9.47. The minimum Gasteiger partial charge on any atom is -0.384 e. The van der Waals surface area contributed by atoms with E-state index in [4.69, 9.17) is 11.1 Å². The topological polar surface area (TPSA) is 70.9 Å². The summed E-state index contributed by atoms with van der Waals surface area (Å²) in [6.07, 6.45) is 3.62. The van der Waals surface area contributed by atoms with Crippen LogP contribution in [0.4, 0.5) is 4.39 Å². The van der Waals surface area contributed by atoms with Crippen molar-refractivity contribution in [2.24, 2.45) is 12.8 Å². The zero-order valence-corrected chi connectivity index (χ0v) is 11.6. The molecule has 5 nitrogen and oxygen atoms in total. The zero-order chi connectivity index (χ0) is 14.7. The van der Waals surface area contributed by atoms with E-state index >= 15 is 0 Å². The molecule has 0 aliphatic carbocycles. The van der Waals surface area contributed by atoms with E-state index in [1.54, 1.807) is 18.3 Å². The molecule has 1 heterocycles. The molecule has 0 radical (unpaired) electrons. The van der Waals surface area contributed by atoms with Gasteiger partial charge in [0.05, 0.1) is 6.54 Å². The van der Waals surface area contributed by atoms with Crippen molar-refractivity contribution in [1.29, 1.82) is 5.41 Å². The molecular formula is C14H18FN5. The number of imidazole rings is 1. The fraction of sp³-hybridized carbons (Fsp3) is 0.286. The Labute approximate surface area is 117 Å². The van der Waals surface area contributed by atoms with Crippen LogP contribution in [0.15, 0.2) is 30.6 Å². The Kier molecular flexibility index (Phi) is 4.14. The van der Waals surface area contributed by atoms with Gasteiger partial charge >= 0.3 is 0 Å². The first kappa shape index (κ1) is 14.2. The third-order valence-corrected chi connectivity index (χ3v) is 3.14. The van der Waals surface area contributed by atoms with Crippen LogP contribution in [0.2, 0.25) is 0 Å². The molecule has 0 bridgehead atoms. The molecule has 0 saturated carbocycles. The summed E-state index contributed by atoms with van der Waals surface area (Å²) in [4.78, 5) is 6.22. The van der Waals surface area contributed by atoms with E-state index in [2.05, 4.69) is 4.98 Å². The van der Waals surface area contributed by atoms with Crippen LogP contribution in [-0.4, -0.2) is 27.3 Å². The van der Waals surface area contributed by atoms with Crippen LogP contribution < -0.4 is 5.73 Å². The Balaban J connectivity index is 2.06. The fourth-order valence-corrected chi connectivity index (χ4v) is 1.98. The molecule has 1 aromatic carbocycles. The Morgan fingerprint density at radius 2 is 2.20 bits per heavy atom. The quantitative estimate of drug-likeness (QED) is 0.641. The molecule has 2 rings (SSSR count). The lowest BCUT2D eigenvalue weighted by Gasteiger charge is -2.17. The van der Waals surface area contributed by atoms with Crippen LogP contribution in [0.5, 0.6) is 0 Å². The molecular weight excluding hydrogens is 257 g/mol. The highest BCUT2D eigenvalue weighted by atomic mass is 19.1. The Morgan fingerprint density at radius 3 is 2.75 bits per heavy atom. The molecule has 0 aliphatic rings. The number of halogens is 1. The van der Waals surface area contributed by atoms with E-state index < -0.39 is 0 Å². The smallest absolute Gasteiger partial charge is 0.128 e. The summed E-state index contributed by atoms with van der Waals surface area (Å²) in [6.45, 7) is 1.11. The van der Waals surface area contributed by atoms with Crippen molar-refractivity contribution < 1.29 is 4.39 Å². The molecule has 0 unspecified atom stereocenters. The number of aromatic nitrogens is 2. The summed E-state index contributed by atoms with van der Waals surface area (Å²) in [5.74, 6) is 0.453. The van der Waals surface area contributed by atoms with Crippen LogP contribution in [0, 0.1) is 11.2 Å². The van der Waals surface area contributed by atoms with Gasteiger partial charge in [0, 0.05) is 37.1 Å². The number of rotatable bonds is 5. The molecule has 0 amide bonds. The molecule has 0 aliphatic heterocycles. The Bertz CT molecular complexity index is 620. The summed E-state index contributed by atoms with van der Waals surface area (Å²) in [6, 6.07) is 4.63. The fourth-order valence-electron chi connectivity index (χ4n) is 1.98. The van der Waals surface area contributed by atoms with Crippen molar-refractivity contribution in [3.05, 3.63) is 53.4 Å². The van der Waals surface area contributed by atoms with Crippen molar-refractivity contribution in [2.45, 2.75) is 13.1 Å². The minimum absolute atomic E-state index is 0.128. The zero-order valence-electron chi connectivity index (χ0n) is 11.6. The van der Waals surface area contributed by atoms with Gasteiger partial charge in [-0.1, -0.05) is 12.1 Å². The van der Waals surface area contributed by atoms with Gasteiger partial charge in [-0.3, -0.25) is 10.3 Å². The van der Waals surface area contributed by atoms with Crippen LogP contribution >= 0.6 is 0 Å². The summed E-state index contributed by atoms with van der Waals surface area (Å²) >= 11 is 0. The lowest BCUT2D eigenvalue weighted by Crippen LogP contribution is -2.20. The van der Waals surface area contributed by atoms with Gasteiger partial charge < -0.3 is 10.3 Å². The number of hydrogen-bond donors (Lipinski definition) is 2. The van der Waals surface area contributed by atoms with Crippen LogP contribution in [0.1, 0.15) is 17.0 Å². The molecule has 6 heteroatoms. The van der Waals surface area contributed by atoms with Crippen molar-refractivity contribution in [2.75, 3.05) is 7.05 Å². The Morgan fingerprint density at radius 1 is 1.45 bits per heavy atom. The van der Waals surface area contributed by atoms with Gasteiger partial charge in [-0.2, -0.15) is 0 Å². The van der Waals surface area contributed by atoms with Crippen molar-refractivity contribution >= 4 is 5.84 Å². The van der Waals surface area contributed by atoms with Crippen LogP contribution in [0.3, 0.4) is 0 Å². The maximum absolute atomic E-state index is 13.9. The lowest BCUT2D eigenvalue weighted by atomic mass is 10.1. The van der Waals surface area contributed by atoms with Gasteiger partial charge in [0.25, 0.3) is 0 Å². The molecule has 20 heavy (non-hydrogen) atoms. The highest BCUT2D eigenvalue weighted by molar-refractivity contribution is 5.94. The van der Waals surface area contributed by atoms with E-state index in [1.807, 2.05) is 29.8 Å². The molecule has 0 spiro atoms. The maximum atomic E-state index is 13.9. The average Bonchev–Trinajstić information content (AvgIpc) is 2.77. The first-order valence-corrected chi connectivity index (χ1v) is 6.25. The highest BCUT2D eigenvalue weighted by Crippen LogP contribution is 2.13. The third kappa shape index (κ3) is 3.21. The van der Waals surface area contributed by atoms with Gasteiger partial charge in [-0.05, 0) is 13.1 Å². The van der Waals surface area contributed by atoms with Gasteiger partial charge in [-0.15, -0.1) is 0 Å². The number of aryl methyl sites for hydroxylation is 1. The number of benzene rings is 1. The minimum atomic E-state index is -0.343. The number of nitrogens with one attached hydrogen (secondary N) is 1. The van der Waals surface area contributed by atoms with Gasteiger partial charge in [0.1, 0.15) is 17.5 Å². The molecule has 106 valence electrons. The molecule has 2 aromatic rings. The molecule has 0 fully saturated rings. The number of nitrogens with two attached hydrogens (primary N) is 1. The van der Waals surface area contributed by atoms with Crippen LogP contribution in [-0.2, 0) is 20.1 Å². The van der Waals surface area contributed by atoms with Gasteiger partial charge in [0.15, 0.2) is 0 Å². The summed E-state index contributed by atoms with van der Waals surface area (Å²) < 4.78 is 15.9. The summed E-state index contributed by atoms with van der Waals surface area (Å²) in [5.41, 5.74) is 6.31. The summed E-state index contributed by atoms with van der Waals surface area (Å²) in [5, 5.41) is 7.29. The Hall–Kier alpha value is -2.21. The van der Waals surface area contributed by atoms with E-state index in [9.17, 15) is 4.39 Å².